The third kappa shape index (κ3) is 1.72. The molecule has 4 heterocycles. The van der Waals surface area contributed by atoms with E-state index in [1.54, 1.807) is 0 Å². The molecule has 4 rings (SSSR count). The molecular formula is C13H16ClN5. The van der Waals surface area contributed by atoms with Crippen LogP contribution < -0.4 is 4.90 Å². The molecule has 2 unspecified atom stereocenters. The van der Waals surface area contributed by atoms with Crippen molar-refractivity contribution < 1.29 is 0 Å². The number of H-pyrrole nitrogens is 1. The van der Waals surface area contributed by atoms with Gasteiger partial charge in [-0.05, 0) is 19.9 Å². The van der Waals surface area contributed by atoms with E-state index in [1.165, 1.54) is 12.8 Å². The number of piperazine rings is 1. The Morgan fingerprint density at radius 2 is 2.05 bits per heavy atom. The minimum Gasteiger partial charge on any atom is -0.351 e. The lowest BCUT2D eigenvalue weighted by Crippen LogP contribution is -2.52. The summed E-state index contributed by atoms with van der Waals surface area (Å²) in [5, 5.41) is 9.09. The molecule has 2 bridgehead atoms. The molecule has 0 aliphatic carbocycles. The molecule has 6 heteroatoms. The minimum atomic E-state index is 0.501. The number of fused-ring (bicyclic) bond motifs is 3. The van der Waals surface area contributed by atoms with Gasteiger partial charge in [0.2, 0.25) is 0 Å². The van der Waals surface area contributed by atoms with E-state index < -0.39 is 0 Å². The molecule has 0 amide bonds. The quantitative estimate of drug-likeness (QED) is 0.809. The molecule has 0 radical (unpaired) electrons. The van der Waals surface area contributed by atoms with Crippen LogP contribution in [-0.2, 0) is 0 Å². The number of hydrogen-bond acceptors (Lipinski definition) is 4. The van der Waals surface area contributed by atoms with Gasteiger partial charge in [-0.15, -0.1) is 0 Å². The summed E-state index contributed by atoms with van der Waals surface area (Å²) in [6.07, 6.45) is 4.41. The summed E-state index contributed by atoms with van der Waals surface area (Å²) in [5.74, 6) is 1.02. The van der Waals surface area contributed by atoms with Gasteiger partial charge >= 0.3 is 0 Å². The summed E-state index contributed by atoms with van der Waals surface area (Å²) in [6, 6.07) is 3.15. The van der Waals surface area contributed by atoms with Gasteiger partial charge in [-0.25, -0.2) is 4.98 Å². The molecule has 2 aromatic heterocycles. The van der Waals surface area contributed by atoms with E-state index >= 15 is 0 Å². The number of halogens is 1. The maximum Gasteiger partial charge on any atom is 0.159 e. The number of pyridine rings is 1. The number of likely N-dealkylation sites (N-methyl/N-ethyl adjacent to an activating group) is 1. The van der Waals surface area contributed by atoms with Crippen molar-refractivity contribution in [3.05, 3.63) is 17.4 Å². The lowest BCUT2D eigenvalue weighted by Gasteiger charge is -2.39. The van der Waals surface area contributed by atoms with Gasteiger partial charge in [0.05, 0.1) is 10.9 Å². The summed E-state index contributed by atoms with van der Waals surface area (Å²) in [5.41, 5.74) is 0.960. The number of aromatic amines is 1. The number of hydrogen-bond donors (Lipinski definition) is 1. The van der Waals surface area contributed by atoms with Crippen LogP contribution in [0.3, 0.4) is 0 Å². The topological polar surface area (TPSA) is 48.0 Å². The predicted molar refractivity (Wildman–Crippen MR) is 75.7 cm³/mol. The van der Waals surface area contributed by atoms with Crippen LogP contribution >= 0.6 is 11.6 Å². The molecule has 19 heavy (non-hydrogen) atoms. The smallest absolute Gasteiger partial charge is 0.159 e. The fourth-order valence-corrected chi connectivity index (χ4v) is 3.56. The highest BCUT2D eigenvalue weighted by Gasteiger charge is 2.38. The Morgan fingerprint density at radius 1 is 1.32 bits per heavy atom. The molecule has 2 aromatic rings. The lowest BCUT2D eigenvalue weighted by molar-refractivity contribution is 0.212. The van der Waals surface area contributed by atoms with Gasteiger partial charge in [0, 0.05) is 37.4 Å². The molecule has 0 saturated carbocycles. The van der Waals surface area contributed by atoms with Crippen molar-refractivity contribution in [3.63, 3.8) is 0 Å². The van der Waals surface area contributed by atoms with Crippen LogP contribution in [-0.4, -0.2) is 52.3 Å². The molecule has 5 nitrogen and oxygen atoms in total. The molecular weight excluding hydrogens is 262 g/mol. The monoisotopic (exact) mass is 277 g/mol. The third-order valence-electron chi connectivity index (χ3n) is 4.54. The highest BCUT2D eigenvalue weighted by atomic mass is 35.5. The summed E-state index contributed by atoms with van der Waals surface area (Å²) in [6.45, 7) is 2.10. The van der Waals surface area contributed by atoms with Crippen LogP contribution in [0.25, 0.3) is 10.9 Å². The van der Waals surface area contributed by atoms with E-state index in [0.29, 0.717) is 17.2 Å². The van der Waals surface area contributed by atoms with Gasteiger partial charge in [-0.2, -0.15) is 5.10 Å². The zero-order valence-electron chi connectivity index (χ0n) is 10.8. The number of aromatic nitrogens is 3. The van der Waals surface area contributed by atoms with Crippen molar-refractivity contribution in [3.8, 4) is 0 Å². The first-order chi connectivity index (χ1) is 9.22. The largest absolute Gasteiger partial charge is 0.351 e. The average molecular weight is 278 g/mol. The lowest BCUT2D eigenvalue weighted by atomic mass is 10.2. The molecule has 1 N–H and O–H groups in total. The minimum absolute atomic E-state index is 0.501. The van der Waals surface area contributed by atoms with E-state index in [1.807, 2.05) is 12.3 Å². The number of anilines is 1. The number of nitrogens with zero attached hydrogens (tertiary/aromatic N) is 4. The summed E-state index contributed by atoms with van der Waals surface area (Å²) in [4.78, 5) is 9.07. The predicted octanol–water partition coefficient (Wildman–Crippen LogP) is 1.89. The van der Waals surface area contributed by atoms with Crippen molar-refractivity contribution in [2.24, 2.45) is 0 Å². The van der Waals surface area contributed by atoms with E-state index in [0.717, 1.165) is 29.8 Å². The molecule has 2 atom stereocenters. The SMILES string of the molecule is CN1C2CCC1CN(c1n[nH]c3cc(Cl)ncc13)C2. The van der Waals surface area contributed by atoms with Gasteiger partial charge in [0.15, 0.2) is 5.82 Å². The highest BCUT2D eigenvalue weighted by molar-refractivity contribution is 6.30. The van der Waals surface area contributed by atoms with E-state index in [9.17, 15) is 0 Å². The summed E-state index contributed by atoms with van der Waals surface area (Å²) < 4.78 is 0. The first-order valence-corrected chi connectivity index (χ1v) is 7.06. The fraction of sp³-hybridized carbons (Fsp3) is 0.538. The van der Waals surface area contributed by atoms with Gasteiger partial charge in [-0.3, -0.25) is 10.00 Å². The summed E-state index contributed by atoms with van der Waals surface area (Å²) >= 11 is 5.91. The van der Waals surface area contributed by atoms with Gasteiger partial charge in [0.25, 0.3) is 0 Å². The Bertz CT molecular complexity index is 611. The first kappa shape index (κ1) is 11.5. The Labute approximate surface area is 116 Å². The van der Waals surface area contributed by atoms with Crippen LogP contribution in [0.4, 0.5) is 5.82 Å². The van der Waals surface area contributed by atoms with Gasteiger partial charge < -0.3 is 4.90 Å². The number of rotatable bonds is 1. The van der Waals surface area contributed by atoms with Gasteiger partial charge in [-0.1, -0.05) is 11.6 Å². The first-order valence-electron chi connectivity index (χ1n) is 6.69. The van der Waals surface area contributed by atoms with Crippen LogP contribution in [0.1, 0.15) is 12.8 Å². The Morgan fingerprint density at radius 3 is 2.79 bits per heavy atom. The van der Waals surface area contributed by atoms with Crippen molar-refractivity contribution in [2.75, 3.05) is 25.0 Å². The second-order valence-corrected chi connectivity index (χ2v) is 5.94. The zero-order valence-corrected chi connectivity index (χ0v) is 11.6. The standard InChI is InChI=1S/C13H16ClN5/c1-18-8-2-3-9(18)7-19(6-8)13-10-5-15-12(14)4-11(10)16-17-13/h4-5,8-9H,2-3,6-7H2,1H3,(H,16,17). The maximum atomic E-state index is 5.91. The average Bonchev–Trinajstić information content (AvgIpc) is 2.87. The maximum absolute atomic E-state index is 5.91. The molecule has 2 fully saturated rings. The molecule has 2 aliphatic heterocycles. The van der Waals surface area contributed by atoms with E-state index in [-0.39, 0.29) is 0 Å². The highest BCUT2D eigenvalue weighted by Crippen LogP contribution is 2.33. The normalized spacial score (nSPS) is 27.4. The third-order valence-corrected chi connectivity index (χ3v) is 4.75. The van der Waals surface area contributed by atoms with Crippen LogP contribution in [0.5, 0.6) is 0 Å². The van der Waals surface area contributed by atoms with E-state index in [2.05, 4.69) is 32.0 Å². The van der Waals surface area contributed by atoms with Crippen LogP contribution in [0, 0.1) is 0 Å². The number of nitrogens with one attached hydrogen (secondary N) is 1. The zero-order chi connectivity index (χ0) is 13.0. The van der Waals surface area contributed by atoms with Crippen molar-refractivity contribution in [1.82, 2.24) is 20.1 Å². The van der Waals surface area contributed by atoms with E-state index in [4.69, 9.17) is 11.6 Å². The van der Waals surface area contributed by atoms with Crippen molar-refractivity contribution in [2.45, 2.75) is 24.9 Å². The molecule has 100 valence electrons. The van der Waals surface area contributed by atoms with Crippen LogP contribution in [0.2, 0.25) is 5.15 Å². The Balaban J connectivity index is 1.72. The fourth-order valence-electron chi connectivity index (χ4n) is 3.40. The second-order valence-electron chi connectivity index (χ2n) is 5.56. The Hall–Kier alpha value is -1.33. The van der Waals surface area contributed by atoms with Crippen LogP contribution in [0.15, 0.2) is 12.3 Å². The molecule has 2 aliphatic rings. The van der Waals surface area contributed by atoms with Crippen molar-refractivity contribution >= 4 is 28.3 Å². The Kier molecular flexibility index (Phi) is 2.47. The second kappa shape index (κ2) is 4.08. The van der Waals surface area contributed by atoms with Gasteiger partial charge in [0.1, 0.15) is 5.15 Å². The summed E-state index contributed by atoms with van der Waals surface area (Å²) in [7, 11) is 2.24. The molecule has 0 spiro atoms. The molecule has 0 aromatic carbocycles. The molecule has 2 saturated heterocycles. The van der Waals surface area contributed by atoms with Crippen molar-refractivity contribution in [1.29, 1.82) is 0 Å².